The van der Waals surface area contributed by atoms with Gasteiger partial charge < -0.3 is 26.4 Å². The number of hydrogen-bond donors (Lipinski definition) is 4. The monoisotopic (exact) mass is 286 g/mol. The number of likely N-dealkylation sites (tertiary alicyclic amines) is 1. The molecule has 8 heteroatoms. The molecule has 0 bridgehead atoms. The fourth-order valence-corrected chi connectivity index (χ4v) is 2.35. The van der Waals surface area contributed by atoms with E-state index in [1.807, 2.05) is 7.05 Å². The van der Waals surface area contributed by atoms with E-state index in [2.05, 4.69) is 10.6 Å². The van der Waals surface area contributed by atoms with Crippen LogP contribution in [0.25, 0.3) is 0 Å². The Bertz CT molecular complexity index is 372. The van der Waals surface area contributed by atoms with Crippen LogP contribution in [0.1, 0.15) is 19.3 Å². The first-order chi connectivity index (χ1) is 9.43. The third-order valence-corrected chi connectivity index (χ3v) is 3.30. The summed E-state index contributed by atoms with van der Waals surface area (Å²) in [4.78, 5) is 35.4. The number of nitrogens with one attached hydrogen (secondary N) is 2. The number of aliphatic carboxylic acids is 1. The Morgan fingerprint density at radius 1 is 1.45 bits per heavy atom. The number of carboxylic acids is 1. The maximum atomic E-state index is 12.0. The molecule has 114 valence electrons. The van der Waals surface area contributed by atoms with Crippen molar-refractivity contribution < 1.29 is 19.5 Å². The van der Waals surface area contributed by atoms with Gasteiger partial charge in [-0.2, -0.15) is 0 Å². The molecule has 0 spiro atoms. The van der Waals surface area contributed by atoms with E-state index in [4.69, 9.17) is 10.8 Å². The molecule has 1 saturated heterocycles. The first-order valence-corrected chi connectivity index (χ1v) is 6.65. The summed E-state index contributed by atoms with van der Waals surface area (Å²) in [6.45, 7) is 1.98. The van der Waals surface area contributed by atoms with Crippen molar-refractivity contribution in [3.05, 3.63) is 0 Å². The van der Waals surface area contributed by atoms with Crippen molar-refractivity contribution in [2.75, 3.05) is 26.7 Å². The molecule has 0 aromatic carbocycles. The van der Waals surface area contributed by atoms with Crippen LogP contribution in [0.15, 0.2) is 0 Å². The summed E-state index contributed by atoms with van der Waals surface area (Å²) in [7, 11) is 1.85. The van der Waals surface area contributed by atoms with Crippen molar-refractivity contribution in [2.24, 2.45) is 11.7 Å². The number of rotatable bonds is 6. The zero-order valence-corrected chi connectivity index (χ0v) is 11.6. The molecule has 0 saturated carbocycles. The van der Waals surface area contributed by atoms with Crippen molar-refractivity contribution in [3.8, 4) is 0 Å². The minimum absolute atomic E-state index is 0.360. The number of urea groups is 1. The number of hydrogen-bond acceptors (Lipinski definition) is 4. The largest absolute Gasteiger partial charge is 0.480 e. The van der Waals surface area contributed by atoms with Crippen molar-refractivity contribution in [2.45, 2.75) is 25.3 Å². The van der Waals surface area contributed by atoms with Gasteiger partial charge in [-0.1, -0.05) is 0 Å². The molecule has 20 heavy (non-hydrogen) atoms. The predicted molar refractivity (Wildman–Crippen MR) is 72.0 cm³/mol. The normalized spacial score (nSPS) is 20.2. The molecule has 0 radical (unpaired) electrons. The Morgan fingerprint density at radius 2 is 2.15 bits per heavy atom. The molecule has 0 aromatic heterocycles. The summed E-state index contributed by atoms with van der Waals surface area (Å²) >= 11 is 0. The zero-order chi connectivity index (χ0) is 15.1. The van der Waals surface area contributed by atoms with Gasteiger partial charge >= 0.3 is 12.0 Å². The second-order valence-electron chi connectivity index (χ2n) is 5.02. The highest BCUT2D eigenvalue weighted by Gasteiger charge is 2.27. The van der Waals surface area contributed by atoms with Crippen LogP contribution >= 0.6 is 0 Å². The molecule has 1 heterocycles. The van der Waals surface area contributed by atoms with Crippen LogP contribution in [0, 0.1) is 5.92 Å². The number of nitrogens with zero attached hydrogens (tertiary/aromatic N) is 1. The van der Waals surface area contributed by atoms with Crippen molar-refractivity contribution in [1.82, 2.24) is 15.5 Å². The highest BCUT2D eigenvalue weighted by atomic mass is 16.4. The van der Waals surface area contributed by atoms with E-state index in [1.54, 1.807) is 4.90 Å². The first kappa shape index (κ1) is 16.2. The van der Waals surface area contributed by atoms with Crippen molar-refractivity contribution in [3.63, 3.8) is 0 Å². The summed E-state index contributed by atoms with van der Waals surface area (Å²) < 4.78 is 0. The van der Waals surface area contributed by atoms with Crippen LogP contribution in [0.5, 0.6) is 0 Å². The summed E-state index contributed by atoms with van der Waals surface area (Å²) in [5.41, 5.74) is 4.97. The quantitative estimate of drug-likeness (QED) is 0.496. The van der Waals surface area contributed by atoms with E-state index in [-0.39, 0.29) is 0 Å². The number of primary amides is 1. The maximum absolute atomic E-state index is 12.0. The third-order valence-electron chi connectivity index (χ3n) is 3.30. The second-order valence-corrected chi connectivity index (χ2v) is 5.02. The second kappa shape index (κ2) is 7.68. The summed E-state index contributed by atoms with van der Waals surface area (Å²) in [6.07, 6.45) is 1.51. The van der Waals surface area contributed by atoms with E-state index in [1.165, 1.54) is 0 Å². The van der Waals surface area contributed by atoms with Gasteiger partial charge in [0.05, 0.1) is 6.42 Å². The fourth-order valence-electron chi connectivity index (χ4n) is 2.35. The summed E-state index contributed by atoms with van der Waals surface area (Å²) in [6, 6.07) is -1.73. The minimum atomic E-state index is -1.27. The molecular formula is C12H22N4O4. The lowest BCUT2D eigenvalue weighted by Crippen LogP contribution is -2.52. The van der Waals surface area contributed by atoms with E-state index in [9.17, 15) is 14.4 Å². The Morgan fingerprint density at radius 3 is 2.70 bits per heavy atom. The van der Waals surface area contributed by atoms with E-state index in [0.29, 0.717) is 19.0 Å². The maximum Gasteiger partial charge on any atom is 0.326 e. The number of amides is 3. The fraction of sp³-hybridized carbons (Fsp3) is 0.750. The lowest BCUT2D eigenvalue weighted by atomic mass is 9.98. The van der Waals surface area contributed by atoms with Gasteiger partial charge in [-0.3, -0.25) is 4.79 Å². The van der Waals surface area contributed by atoms with Gasteiger partial charge in [0, 0.05) is 13.1 Å². The van der Waals surface area contributed by atoms with Gasteiger partial charge in [-0.25, -0.2) is 9.59 Å². The number of carbonyl (C=O) groups excluding carboxylic acids is 2. The van der Waals surface area contributed by atoms with Gasteiger partial charge in [0.1, 0.15) is 6.04 Å². The highest BCUT2D eigenvalue weighted by molar-refractivity contribution is 5.87. The number of carbonyl (C=O) groups is 3. The average Bonchev–Trinajstić information content (AvgIpc) is 2.38. The zero-order valence-electron chi connectivity index (χ0n) is 11.6. The number of carboxylic acid groups (broad SMARTS) is 1. The van der Waals surface area contributed by atoms with Crippen LogP contribution < -0.4 is 16.4 Å². The van der Waals surface area contributed by atoms with Gasteiger partial charge in [-0.05, 0) is 32.4 Å². The van der Waals surface area contributed by atoms with Crippen molar-refractivity contribution >= 4 is 17.9 Å². The van der Waals surface area contributed by atoms with Crippen LogP contribution in [0.3, 0.4) is 0 Å². The highest BCUT2D eigenvalue weighted by Crippen LogP contribution is 2.15. The third kappa shape index (κ3) is 5.04. The standard InChI is InChI=1S/C12H22N4O4/c1-14-6-8-3-2-4-16(7-8)12(20)15-9(11(18)19)5-10(13)17/h8-9,14H,2-7H2,1H3,(H2,13,17)(H,15,20)(H,18,19)/t8?,9-/m0/s1. The Kier molecular flexibility index (Phi) is 6.23. The van der Waals surface area contributed by atoms with E-state index >= 15 is 0 Å². The number of nitrogens with two attached hydrogens (primary N) is 1. The van der Waals surface area contributed by atoms with Gasteiger partial charge in [0.15, 0.2) is 0 Å². The molecular weight excluding hydrogens is 264 g/mol. The smallest absolute Gasteiger partial charge is 0.326 e. The van der Waals surface area contributed by atoms with Crippen LogP contribution in [0.2, 0.25) is 0 Å². The van der Waals surface area contributed by atoms with Crippen LogP contribution in [0.4, 0.5) is 4.79 Å². The molecule has 0 aliphatic carbocycles. The Balaban J connectivity index is 2.55. The molecule has 8 nitrogen and oxygen atoms in total. The molecule has 2 atom stereocenters. The predicted octanol–water partition coefficient (Wildman–Crippen LogP) is -1.04. The molecule has 1 aliphatic rings. The van der Waals surface area contributed by atoms with Crippen LogP contribution in [-0.2, 0) is 9.59 Å². The Labute approximate surface area is 117 Å². The van der Waals surface area contributed by atoms with Crippen molar-refractivity contribution in [1.29, 1.82) is 0 Å². The van der Waals surface area contributed by atoms with Gasteiger partial charge in [-0.15, -0.1) is 0 Å². The number of piperidine rings is 1. The molecule has 0 aromatic rings. The molecule has 1 rings (SSSR count). The Hall–Kier alpha value is -1.83. The topological polar surface area (TPSA) is 125 Å². The lowest BCUT2D eigenvalue weighted by molar-refractivity contribution is -0.141. The minimum Gasteiger partial charge on any atom is -0.480 e. The molecule has 1 fully saturated rings. The summed E-state index contributed by atoms with van der Waals surface area (Å²) in [5, 5.41) is 14.4. The van der Waals surface area contributed by atoms with Crippen LogP contribution in [-0.4, -0.2) is 60.6 Å². The molecule has 3 amide bonds. The van der Waals surface area contributed by atoms with E-state index in [0.717, 1.165) is 19.4 Å². The molecule has 5 N–H and O–H groups in total. The molecule has 1 unspecified atom stereocenters. The van der Waals surface area contributed by atoms with Gasteiger partial charge in [0.2, 0.25) is 5.91 Å². The lowest BCUT2D eigenvalue weighted by Gasteiger charge is -2.33. The average molecular weight is 286 g/mol. The first-order valence-electron chi connectivity index (χ1n) is 6.65. The molecule has 1 aliphatic heterocycles. The summed E-state index contributed by atoms with van der Waals surface area (Å²) in [5.74, 6) is -1.66. The van der Waals surface area contributed by atoms with E-state index < -0.39 is 30.4 Å². The SMILES string of the molecule is CNCC1CCCN(C(=O)N[C@@H](CC(N)=O)C(=O)O)C1. The van der Waals surface area contributed by atoms with Gasteiger partial charge in [0.25, 0.3) is 0 Å².